The van der Waals surface area contributed by atoms with E-state index in [2.05, 4.69) is 0 Å². The Kier molecular flexibility index (Phi) is 3.43. The van der Waals surface area contributed by atoms with Crippen molar-refractivity contribution in [3.05, 3.63) is 33.8 Å². The summed E-state index contributed by atoms with van der Waals surface area (Å²) in [6, 6.07) is 3.88. The van der Waals surface area contributed by atoms with E-state index in [1.54, 1.807) is 0 Å². The highest BCUT2D eigenvalue weighted by molar-refractivity contribution is 6.31. The Bertz CT molecular complexity index is 450. The first kappa shape index (κ1) is 12.4. The van der Waals surface area contributed by atoms with Gasteiger partial charge in [-0.1, -0.05) is 17.7 Å². The molecule has 2 nitrogen and oxygen atoms in total. The highest BCUT2D eigenvalue weighted by Crippen LogP contribution is 2.47. The molecule has 1 fully saturated rings. The molecule has 3 heteroatoms. The number of carboxylic acids is 1. The van der Waals surface area contributed by atoms with Crippen LogP contribution in [0.5, 0.6) is 0 Å². The zero-order valence-corrected chi connectivity index (χ0v) is 10.9. The molecule has 1 aromatic rings. The van der Waals surface area contributed by atoms with Crippen molar-refractivity contribution in [1.82, 2.24) is 0 Å². The highest BCUT2D eigenvalue weighted by Gasteiger charge is 2.35. The lowest BCUT2D eigenvalue weighted by Gasteiger charge is -2.20. The van der Waals surface area contributed by atoms with Gasteiger partial charge >= 0.3 is 5.97 Å². The summed E-state index contributed by atoms with van der Waals surface area (Å²) in [4.78, 5) is 11.0. The second-order valence-electron chi connectivity index (χ2n) is 4.94. The normalized spacial score (nSPS) is 16.9. The van der Waals surface area contributed by atoms with E-state index in [0.717, 1.165) is 34.6 Å². The van der Waals surface area contributed by atoms with Crippen LogP contribution in [0.3, 0.4) is 0 Å². The number of carboxylic acid groups (broad SMARTS) is 1. The molecule has 0 spiro atoms. The monoisotopic (exact) mass is 252 g/mol. The number of aryl methyl sites for hydroxylation is 1. The van der Waals surface area contributed by atoms with Gasteiger partial charge in [0.1, 0.15) is 0 Å². The topological polar surface area (TPSA) is 37.3 Å². The molecule has 1 atom stereocenters. The average molecular weight is 253 g/mol. The van der Waals surface area contributed by atoms with Gasteiger partial charge in [0.25, 0.3) is 0 Å². The van der Waals surface area contributed by atoms with Crippen molar-refractivity contribution in [3.8, 4) is 0 Å². The van der Waals surface area contributed by atoms with Crippen LogP contribution in [-0.2, 0) is 4.79 Å². The molecule has 92 valence electrons. The lowest BCUT2D eigenvalue weighted by Crippen LogP contribution is -2.11. The van der Waals surface area contributed by atoms with E-state index in [1.807, 2.05) is 26.0 Å². The summed E-state index contributed by atoms with van der Waals surface area (Å²) in [6.07, 6.45) is 2.50. The highest BCUT2D eigenvalue weighted by atomic mass is 35.5. The Morgan fingerprint density at radius 3 is 2.65 bits per heavy atom. The molecule has 17 heavy (non-hydrogen) atoms. The Morgan fingerprint density at radius 1 is 1.47 bits per heavy atom. The molecular formula is C14H17ClO2. The van der Waals surface area contributed by atoms with E-state index in [-0.39, 0.29) is 12.3 Å². The lowest BCUT2D eigenvalue weighted by molar-refractivity contribution is -0.137. The maximum Gasteiger partial charge on any atom is 0.303 e. The summed E-state index contributed by atoms with van der Waals surface area (Å²) in [5.74, 6) is -0.0613. The molecule has 1 N–H and O–H groups in total. The van der Waals surface area contributed by atoms with Gasteiger partial charge in [0, 0.05) is 5.02 Å². The first-order chi connectivity index (χ1) is 8.00. The number of hydrogen-bond donors (Lipinski definition) is 1. The van der Waals surface area contributed by atoms with Gasteiger partial charge in [0.15, 0.2) is 0 Å². The Labute approximate surface area is 107 Å². The van der Waals surface area contributed by atoms with Crippen LogP contribution < -0.4 is 0 Å². The zero-order chi connectivity index (χ0) is 12.6. The van der Waals surface area contributed by atoms with E-state index in [4.69, 9.17) is 16.7 Å². The van der Waals surface area contributed by atoms with Crippen molar-refractivity contribution in [2.45, 2.75) is 39.0 Å². The van der Waals surface area contributed by atoms with Crippen LogP contribution in [0.2, 0.25) is 5.02 Å². The number of hydrogen-bond acceptors (Lipinski definition) is 1. The Morgan fingerprint density at radius 2 is 2.12 bits per heavy atom. The number of halogens is 1. The van der Waals surface area contributed by atoms with Crippen LogP contribution in [0, 0.1) is 19.8 Å². The smallest absolute Gasteiger partial charge is 0.303 e. The standard InChI is InChI=1S/C14H17ClO2/c1-8-3-6-12(15)9(2)14(8)11(7-13(16)17)10-4-5-10/h3,6,10-11H,4-5,7H2,1-2H3,(H,16,17). The number of carbonyl (C=O) groups is 1. The predicted octanol–water partition coefficient (Wildman–Crippen LogP) is 3.93. The first-order valence-electron chi connectivity index (χ1n) is 5.98. The van der Waals surface area contributed by atoms with Crippen LogP contribution in [0.1, 0.15) is 41.9 Å². The van der Waals surface area contributed by atoms with Gasteiger partial charge in [0.05, 0.1) is 6.42 Å². The maximum absolute atomic E-state index is 11.0. The molecule has 0 radical (unpaired) electrons. The summed E-state index contributed by atoms with van der Waals surface area (Å²) in [6.45, 7) is 4.03. The molecule has 0 aromatic heterocycles. The molecular weight excluding hydrogens is 236 g/mol. The maximum atomic E-state index is 11.0. The molecule has 0 saturated heterocycles. The quantitative estimate of drug-likeness (QED) is 0.882. The fourth-order valence-corrected chi connectivity index (χ4v) is 2.76. The van der Waals surface area contributed by atoms with Gasteiger partial charge in [0.2, 0.25) is 0 Å². The summed E-state index contributed by atoms with van der Waals surface area (Å²) < 4.78 is 0. The van der Waals surface area contributed by atoms with Gasteiger partial charge in [-0.15, -0.1) is 0 Å². The number of rotatable bonds is 4. The second kappa shape index (κ2) is 4.69. The number of aliphatic carboxylic acids is 1. The van der Waals surface area contributed by atoms with E-state index in [9.17, 15) is 4.79 Å². The van der Waals surface area contributed by atoms with Crippen molar-refractivity contribution < 1.29 is 9.90 Å². The molecule has 1 saturated carbocycles. The van der Waals surface area contributed by atoms with Crippen LogP contribution in [-0.4, -0.2) is 11.1 Å². The SMILES string of the molecule is Cc1ccc(Cl)c(C)c1C(CC(=O)O)C1CC1. The van der Waals surface area contributed by atoms with Crippen molar-refractivity contribution in [3.63, 3.8) is 0 Å². The number of benzene rings is 1. The van der Waals surface area contributed by atoms with Gasteiger partial charge in [-0.25, -0.2) is 0 Å². The lowest BCUT2D eigenvalue weighted by atomic mass is 9.85. The molecule has 0 amide bonds. The summed E-state index contributed by atoms with van der Waals surface area (Å²) >= 11 is 6.14. The van der Waals surface area contributed by atoms with Crippen molar-refractivity contribution in [2.75, 3.05) is 0 Å². The Hall–Kier alpha value is -1.02. The molecule has 2 rings (SSSR count). The minimum absolute atomic E-state index is 0.131. The summed E-state index contributed by atoms with van der Waals surface area (Å²) in [5.41, 5.74) is 3.36. The third kappa shape index (κ3) is 2.63. The van der Waals surface area contributed by atoms with Gasteiger partial charge < -0.3 is 5.11 Å². The van der Waals surface area contributed by atoms with Crippen LogP contribution in [0.25, 0.3) is 0 Å². The van der Waals surface area contributed by atoms with Crippen molar-refractivity contribution in [1.29, 1.82) is 0 Å². The van der Waals surface area contributed by atoms with Crippen LogP contribution >= 0.6 is 11.6 Å². The average Bonchev–Trinajstić information content (AvgIpc) is 3.06. The van der Waals surface area contributed by atoms with Gasteiger partial charge in [-0.05, 0) is 61.3 Å². The summed E-state index contributed by atoms with van der Waals surface area (Å²) in [5, 5.41) is 9.78. The zero-order valence-electron chi connectivity index (χ0n) is 10.2. The van der Waals surface area contributed by atoms with Gasteiger partial charge in [-0.3, -0.25) is 4.79 Å². The third-order valence-electron chi connectivity index (χ3n) is 3.62. The first-order valence-corrected chi connectivity index (χ1v) is 6.36. The molecule has 0 aliphatic heterocycles. The van der Waals surface area contributed by atoms with Crippen molar-refractivity contribution in [2.24, 2.45) is 5.92 Å². The molecule has 0 heterocycles. The predicted molar refractivity (Wildman–Crippen MR) is 68.6 cm³/mol. The molecule has 1 aliphatic carbocycles. The molecule has 1 unspecified atom stereocenters. The van der Waals surface area contributed by atoms with Crippen LogP contribution in [0.15, 0.2) is 12.1 Å². The van der Waals surface area contributed by atoms with Gasteiger partial charge in [-0.2, -0.15) is 0 Å². The molecule has 0 bridgehead atoms. The van der Waals surface area contributed by atoms with E-state index in [1.165, 1.54) is 0 Å². The molecule has 1 aromatic carbocycles. The largest absolute Gasteiger partial charge is 0.481 e. The van der Waals surface area contributed by atoms with E-state index in [0.29, 0.717) is 5.92 Å². The second-order valence-corrected chi connectivity index (χ2v) is 5.35. The summed E-state index contributed by atoms with van der Waals surface area (Å²) in [7, 11) is 0. The third-order valence-corrected chi connectivity index (χ3v) is 4.03. The van der Waals surface area contributed by atoms with Crippen LogP contribution in [0.4, 0.5) is 0 Å². The van der Waals surface area contributed by atoms with E-state index >= 15 is 0 Å². The fourth-order valence-electron chi connectivity index (χ4n) is 2.60. The minimum atomic E-state index is -0.722. The minimum Gasteiger partial charge on any atom is -0.481 e. The van der Waals surface area contributed by atoms with Crippen molar-refractivity contribution >= 4 is 17.6 Å². The Balaban J connectivity index is 2.41. The van der Waals surface area contributed by atoms with E-state index < -0.39 is 5.97 Å². The fraction of sp³-hybridized carbons (Fsp3) is 0.500. The molecule has 1 aliphatic rings.